The van der Waals surface area contributed by atoms with Crippen LogP contribution in [0.15, 0.2) is 23.1 Å². The first-order valence-corrected chi connectivity index (χ1v) is 6.77. The van der Waals surface area contributed by atoms with E-state index in [1.54, 1.807) is 11.0 Å². The van der Waals surface area contributed by atoms with Gasteiger partial charge in [0.15, 0.2) is 0 Å². The van der Waals surface area contributed by atoms with E-state index < -0.39 is 0 Å². The Hall–Kier alpha value is -1.66. The summed E-state index contributed by atoms with van der Waals surface area (Å²) in [6, 6.07) is 2.93. The molecular formula is C14H20N2O4. The maximum Gasteiger partial charge on any atom is 0.254 e. The molecule has 0 bridgehead atoms. The lowest BCUT2D eigenvalue weighted by atomic mass is 10.2. The van der Waals surface area contributed by atoms with E-state index in [-0.39, 0.29) is 23.7 Å². The average Bonchev–Trinajstić information content (AvgIpc) is 2.44. The van der Waals surface area contributed by atoms with Gasteiger partial charge in [-0.05, 0) is 19.9 Å². The summed E-state index contributed by atoms with van der Waals surface area (Å²) in [5.41, 5.74) is 0.128. The Balaban J connectivity index is 1.98. The maximum absolute atomic E-state index is 12.3. The molecule has 0 aromatic carbocycles. The van der Waals surface area contributed by atoms with Crippen molar-refractivity contribution in [2.75, 3.05) is 26.3 Å². The molecule has 1 aromatic rings. The van der Waals surface area contributed by atoms with E-state index in [2.05, 4.69) is 4.98 Å². The van der Waals surface area contributed by atoms with Crippen LogP contribution in [-0.4, -0.2) is 54.3 Å². The third-order valence-corrected chi connectivity index (χ3v) is 3.06. The highest BCUT2D eigenvalue weighted by Crippen LogP contribution is 2.10. The molecule has 1 aliphatic rings. The van der Waals surface area contributed by atoms with Gasteiger partial charge in [-0.2, -0.15) is 0 Å². The summed E-state index contributed by atoms with van der Waals surface area (Å²) in [4.78, 5) is 27.8. The molecule has 2 rings (SSSR count). The SMILES string of the molecule is CC(C)OCC1CN(C(=O)c2cc[nH]c(=O)c2)CCO1. The number of H-pyrrole nitrogens is 1. The van der Waals surface area contributed by atoms with Crippen molar-refractivity contribution in [1.82, 2.24) is 9.88 Å². The molecule has 20 heavy (non-hydrogen) atoms. The van der Waals surface area contributed by atoms with Crippen LogP contribution in [-0.2, 0) is 9.47 Å². The highest BCUT2D eigenvalue weighted by Gasteiger charge is 2.25. The second-order valence-corrected chi connectivity index (χ2v) is 5.07. The number of aromatic nitrogens is 1. The fourth-order valence-electron chi connectivity index (χ4n) is 2.06. The van der Waals surface area contributed by atoms with Crippen molar-refractivity contribution in [3.63, 3.8) is 0 Å². The molecule has 0 saturated carbocycles. The number of morpholine rings is 1. The molecule has 1 saturated heterocycles. The number of pyridine rings is 1. The molecule has 6 heteroatoms. The van der Waals surface area contributed by atoms with E-state index in [4.69, 9.17) is 9.47 Å². The maximum atomic E-state index is 12.3. The summed E-state index contributed by atoms with van der Waals surface area (Å²) in [5.74, 6) is -0.144. The van der Waals surface area contributed by atoms with Gasteiger partial charge in [-0.3, -0.25) is 9.59 Å². The van der Waals surface area contributed by atoms with Crippen LogP contribution in [0.3, 0.4) is 0 Å². The number of nitrogens with one attached hydrogen (secondary N) is 1. The summed E-state index contributed by atoms with van der Waals surface area (Å²) in [7, 11) is 0. The van der Waals surface area contributed by atoms with Crippen molar-refractivity contribution < 1.29 is 14.3 Å². The molecule has 1 aliphatic heterocycles. The van der Waals surface area contributed by atoms with Gasteiger partial charge in [0.1, 0.15) is 0 Å². The van der Waals surface area contributed by atoms with Crippen LogP contribution in [0, 0.1) is 0 Å². The standard InChI is InChI=1S/C14H20N2O4/c1-10(2)20-9-12-8-16(5-6-19-12)14(18)11-3-4-15-13(17)7-11/h3-4,7,10,12H,5-6,8-9H2,1-2H3,(H,15,17). The Kier molecular flexibility index (Phi) is 4.92. The Labute approximate surface area is 117 Å². The number of carbonyl (C=O) groups excluding carboxylic acids is 1. The van der Waals surface area contributed by atoms with Crippen LogP contribution < -0.4 is 5.56 Å². The van der Waals surface area contributed by atoms with Crippen molar-refractivity contribution in [1.29, 1.82) is 0 Å². The molecule has 1 unspecified atom stereocenters. The minimum absolute atomic E-state index is 0.114. The molecule has 0 spiro atoms. The van der Waals surface area contributed by atoms with E-state index in [9.17, 15) is 9.59 Å². The van der Waals surface area contributed by atoms with Gasteiger partial charge in [0.2, 0.25) is 5.56 Å². The normalized spacial score (nSPS) is 19.4. The van der Waals surface area contributed by atoms with Gasteiger partial charge >= 0.3 is 0 Å². The topological polar surface area (TPSA) is 71.6 Å². The highest BCUT2D eigenvalue weighted by atomic mass is 16.5. The summed E-state index contributed by atoms with van der Waals surface area (Å²) in [6.07, 6.45) is 1.50. The molecule has 110 valence electrons. The lowest BCUT2D eigenvalue weighted by Crippen LogP contribution is -2.47. The first-order valence-electron chi connectivity index (χ1n) is 6.77. The predicted molar refractivity (Wildman–Crippen MR) is 73.8 cm³/mol. The van der Waals surface area contributed by atoms with Gasteiger partial charge in [-0.1, -0.05) is 0 Å². The number of aromatic amines is 1. The van der Waals surface area contributed by atoms with Crippen molar-refractivity contribution in [3.05, 3.63) is 34.2 Å². The smallest absolute Gasteiger partial charge is 0.254 e. The first-order chi connectivity index (χ1) is 9.56. The Morgan fingerprint density at radius 3 is 3.10 bits per heavy atom. The van der Waals surface area contributed by atoms with Crippen molar-refractivity contribution in [3.8, 4) is 0 Å². The molecule has 1 fully saturated rings. The van der Waals surface area contributed by atoms with Gasteiger partial charge < -0.3 is 19.4 Å². The number of hydrogen-bond donors (Lipinski definition) is 1. The van der Waals surface area contributed by atoms with Crippen LogP contribution in [0.25, 0.3) is 0 Å². The molecule has 1 amide bonds. The highest BCUT2D eigenvalue weighted by molar-refractivity contribution is 5.94. The third kappa shape index (κ3) is 3.91. The molecule has 0 radical (unpaired) electrons. The lowest BCUT2D eigenvalue weighted by Gasteiger charge is -2.33. The minimum atomic E-state index is -0.274. The van der Waals surface area contributed by atoms with Gasteiger partial charge in [-0.25, -0.2) is 0 Å². The van der Waals surface area contributed by atoms with Crippen molar-refractivity contribution in [2.45, 2.75) is 26.1 Å². The zero-order valence-electron chi connectivity index (χ0n) is 11.8. The fraction of sp³-hybridized carbons (Fsp3) is 0.571. The van der Waals surface area contributed by atoms with Crippen LogP contribution >= 0.6 is 0 Å². The van der Waals surface area contributed by atoms with E-state index in [1.807, 2.05) is 13.8 Å². The van der Waals surface area contributed by atoms with E-state index >= 15 is 0 Å². The van der Waals surface area contributed by atoms with E-state index in [0.717, 1.165) is 0 Å². The molecule has 2 heterocycles. The van der Waals surface area contributed by atoms with Gasteiger partial charge in [0.25, 0.3) is 5.91 Å². The Morgan fingerprint density at radius 1 is 1.60 bits per heavy atom. The fourth-order valence-corrected chi connectivity index (χ4v) is 2.06. The summed E-state index contributed by atoms with van der Waals surface area (Å²) in [6.45, 7) is 5.89. The van der Waals surface area contributed by atoms with Crippen LogP contribution in [0.1, 0.15) is 24.2 Å². The number of amides is 1. The average molecular weight is 280 g/mol. The molecular weight excluding hydrogens is 260 g/mol. The minimum Gasteiger partial charge on any atom is -0.376 e. The van der Waals surface area contributed by atoms with E-state index in [1.165, 1.54) is 12.3 Å². The van der Waals surface area contributed by atoms with Crippen LogP contribution in [0.4, 0.5) is 0 Å². The van der Waals surface area contributed by atoms with E-state index in [0.29, 0.717) is 31.9 Å². The quantitative estimate of drug-likeness (QED) is 0.878. The molecule has 1 N–H and O–H groups in total. The van der Waals surface area contributed by atoms with Crippen molar-refractivity contribution >= 4 is 5.91 Å². The second-order valence-electron chi connectivity index (χ2n) is 5.07. The zero-order chi connectivity index (χ0) is 14.5. The van der Waals surface area contributed by atoms with Crippen LogP contribution in [0.2, 0.25) is 0 Å². The second kappa shape index (κ2) is 6.67. The molecule has 1 aromatic heterocycles. The summed E-state index contributed by atoms with van der Waals surface area (Å²) >= 11 is 0. The molecule has 0 aliphatic carbocycles. The zero-order valence-corrected chi connectivity index (χ0v) is 11.8. The number of rotatable bonds is 4. The third-order valence-electron chi connectivity index (χ3n) is 3.06. The van der Waals surface area contributed by atoms with Crippen molar-refractivity contribution in [2.24, 2.45) is 0 Å². The van der Waals surface area contributed by atoms with Gasteiger partial charge in [0.05, 0.1) is 25.4 Å². The number of ether oxygens (including phenoxy) is 2. The van der Waals surface area contributed by atoms with Gasteiger partial charge in [0, 0.05) is 30.9 Å². The first kappa shape index (κ1) is 14.7. The monoisotopic (exact) mass is 280 g/mol. The largest absolute Gasteiger partial charge is 0.376 e. The number of carbonyl (C=O) groups is 1. The molecule has 1 atom stereocenters. The number of nitrogens with zero attached hydrogens (tertiary/aromatic N) is 1. The Bertz CT molecular complexity index is 512. The van der Waals surface area contributed by atoms with Gasteiger partial charge in [-0.15, -0.1) is 0 Å². The Morgan fingerprint density at radius 2 is 2.40 bits per heavy atom. The summed E-state index contributed by atoms with van der Waals surface area (Å²) in [5, 5.41) is 0. The number of hydrogen-bond acceptors (Lipinski definition) is 4. The lowest BCUT2D eigenvalue weighted by molar-refractivity contribution is -0.0725. The molecule has 6 nitrogen and oxygen atoms in total. The summed E-state index contributed by atoms with van der Waals surface area (Å²) < 4.78 is 11.1. The van der Waals surface area contributed by atoms with Crippen LogP contribution in [0.5, 0.6) is 0 Å². The predicted octanol–water partition coefficient (Wildman–Crippen LogP) is 0.641.